The van der Waals surface area contributed by atoms with Gasteiger partial charge in [0, 0.05) is 5.56 Å². The van der Waals surface area contributed by atoms with Crippen molar-refractivity contribution in [2.75, 3.05) is 0 Å². The topological polar surface area (TPSA) is 20.2 Å². The van der Waals surface area contributed by atoms with E-state index in [-0.39, 0.29) is 11.6 Å². The van der Waals surface area contributed by atoms with Gasteiger partial charge in [-0.2, -0.15) is 0 Å². The molecule has 1 rings (SSSR count). The number of aromatic hydroxyl groups is 1. The lowest BCUT2D eigenvalue weighted by Gasteiger charge is -2.06. The summed E-state index contributed by atoms with van der Waals surface area (Å²) in [7, 11) is 0. The number of hydrogen-bond acceptors (Lipinski definition) is 1. The molecule has 0 saturated heterocycles. The second-order valence-electron chi connectivity index (χ2n) is 5.67. The molecule has 0 saturated carbocycles. The lowest BCUT2D eigenvalue weighted by Crippen LogP contribution is -1.92. The van der Waals surface area contributed by atoms with Gasteiger partial charge in [-0.25, -0.2) is 4.39 Å². The Bertz CT molecular complexity index is 342. The van der Waals surface area contributed by atoms with Gasteiger partial charge in [-0.05, 0) is 25.0 Å². The molecule has 0 unspecified atom stereocenters. The van der Waals surface area contributed by atoms with E-state index in [0.717, 1.165) is 12.8 Å². The summed E-state index contributed by atoms with van der Waals surface area (Å²) in [5, 5.41) is 9.59. The summed E-state index contributed by atoms with van der Waals surface area (Å²) in [5.74, 6) is -0.179. The van der Waals surface area contributed by atoms with Crippen LogP contribution in [-0.2, 0) is 6.42 Å². The van der Waals surface area contributed by atoms with Crippen molar-refractivity contribution in [3.05, 3.63) is 29.6 Å². The first-order valence-electron chi connectivity index (χ1n) is 8.22. The number of rotatable bonds is 11. The molecular weight excluding hydrogens is 251 g/mol. The predicted octanol–water partition coefficient (Wildman–Crippen LogP) is 5.99. The predicted molar refractivity (Wildman–Crippen MR) is 83.6 cm³/mol. The molecular formula is C18H29FO. The van der Waals surface area contributed by atoms with Crippen LogP contribution < -0.4 is 0 Å². The quantitative estimate of drug-likeness (QED) is 0.493. The number of phenols is 1. The number of benzene rings is 1. The summed E-state index contributed by atoms with van der Waals surface area (Å²) in [5.41, 5.74) is 0.479. The summed E-state index contributed by atoms with van der Waals surface area (Å²) in [4.78, 5) is 0. The Balaban J connectivity index is 2.00. The lowest BCUT2D eigenvalue weighted by atomic mass is 10.0. The Labute approximate surface area is 123 Å². The van der Waals surface area contributed by atoms with Gasteiger partial charge < -0.3 is 5.11 Å². The van der Waals surface area contributed by atoms with Crippen LogP contribution >= 0.6 is 0 Å². The van der Waals surface area contributed by atoms with Crippen LogP contribution in [0.4, 0.5) is 4.39 Å². The molecule has 20 heavy (non-hydrogen) atoms. The molecule has 114 valence electrons. The van der Waals surface area contributed by atoms with Crippen LogP contribution in [0.3, 0.4) is 0 Å². The third kappa shape index (κ3) is 6.93. The number of halogens is 1. The van der Waals surface area contributed by atoms with Crippen LogP contribution in [0.15, 0.2) is 18.2 Å². The molecule has 1 aromatic rings. The van der Waals surface area contributed by atoms with Crippen molar-refractivity contribution < 1.29 is 9.50 Å². The van der Waals surface area contributed by atoms with E-state index in [0.29, 0.717) is 12.0 Å². The molecule has 0 amide bonds. The fourth-order valence-corrected chi connectivity index (χ4v) is 2.58. The van der Waals surface area contributed by atoms with Gasteiger partial charge >= 0.3 is 0 Å². The van der Waals surface area contributed by atoms with Crippen molar-refractivity contribution in [1.82, 2.24) is 0 Å². The Kier molecular flexibility index (Phi) is 9.10. The third-order valence-corrected chi connectivity index (χ3v) is 3.87. The molecule has 0 heterocycles. The minimum atomic E-state index is -0.277. The van der Waals surface area contributed by atoms with Gasteiger partial charge in [0.2, 0.25) is 0 Å². The summed E-state index contributed by atoms with van der Waals surface area (Å²) in [6, 6.07) is 4.53. The molecule has 0 atom stereocenters. The molecule has 0 aliphatic heterocycles. The maximum atomic E-state index is 13.5. The van der Waals surface area contributed by atoms with Crippen molar-refractivity contribution in [2.24, 2.45) is 0 Å². The van der Waals surface area contributed by atoms with E-state index in [1.54, 1.807) is 12.1 Å². The van der Waals surface area contributed by atoms with Crippen molar-refractivity contribution in [1.29, 1.82) is 0 Å². The molecule has 1 N–H and O–H groups in total. The van der Waals surface area contributed by atoms with Crippen LogP contribution in [0.1, 0.15) is 76.7 Å². The molecule has 0 aromatic heterocycles. The van der Waals surface area contributed by atoms with E-state index in [4.69, 9.17) is 0 Å². The fourth-order valence-electron chi connectivity index (χ4n) is 2.58. The average Bonchev–Trinajstić information content (AvgIpc) is 2.43. The maximum absolute atomic E-state index is 13.5. The zero-order chi connectivity index (χ0) is 14.6. The number of unbranched alkanes of at least 4 members (excludes halogenated alkanes) is 9. The molecule has 0 aliphatic carbocycles. The Hall–Kier alpha value is -1.05. The summed E-state index contributed by atoms with van der Waals surface area (Å²) < 4.78 is 13.5. The van der Waals surface area contributed by atoms with Gasteiger partial charge in [-0.1, -0.05) is 70.8 Å². The van der Waals surface area contributed by atoms with E-state index in [9.17, 15) is 9.50 Å². The van der Waals surface area contributed by atoms with Gasteiger partial charge in [0.15, 0.2) is 0 Å². The molecule has 0 spiro atoms. The van der Waals surface area contributed by atoms with E-state index in [1.807, 2.05) is 0 Å². The minimum Gasteiger partial charge on any atom is -0.508 e. The van der Waals surface area contributed by atoms with Gasteiger partial charge in [0.05, 0.1) is 0 Å². The standard InChI is InChI=1S/C18H29FO/c1-2-3-4-5-6-7-8-9-10-11-13-16-17(19)14-12-15-18(16)20/h12,14-15,20H,2-11,13H2,1H3. The summed E-state index contributed by atoms with van der Waals surface area (Å²) in [6.45, 7) is 2.24. The van der Waals surface area contributed by atoms with Crippen LogP contribution in [0.5, 0.6) is 5.75 Å². The van der Waals surface area contributed by atoms with Crippen LogP contribution in [0.2, 0.25) is 0 Å². The summed E-state index contributed by atoms with van der Waals surface area (Å²) in [6.07, 6.45) is 13.4. The zero-order valence-corrected chi connectivity index (χ0v) is 12.8. The Morgan fingerprint density at radius 2 is 1.40 bits per heavy atom. The van der Waals surface area contributed by atoms with Crippen molar-refractivity contribution >= 4 is 0 Å². The highest BCUT2D eigenvalue weighted by Crippen LogP contribution is 2.22. The van der Waals surface area contributed by atoms with E-state index >= 15 is 0 Å². The third-order valence-electron chi connectivity index (χ3n) is 3.87. The van der Waals surface area contributed by atoms with E-state index in [2.05, 4.69) is 6.92 Å². The molecule has 0 fully saturated rings. The smallest absolute Gasteiger partial charge is 0.130 e. The molecule has 0 aliphatic rings. The molecule has 1 nitrogen and oxygen atoms in total. The van der Waals surface area contributed by atoms with Crippen LogP contribution in [0.25, 0.3) is 0 Å². The molecule has 2 heteroatoms. The maximum Gasteiger partial charge on any atom is 0.130 e. The van der Waals surface area contributed by atoms with Crippen LogP contribution in [-0.4, -0.2) is 5.11 Å². The lowest BCUT2D eigenvalue weighted by molar-refractivity contribution is 0.455. The first kappa shape index (κ1) is 17.0. The average molecular weight is 280 g/mol. The van der Waals surface area contributed by atoms with E-state index < -0.39 is 0 Å². The largest absolute Gasteiger partial charge is 0.508 e. The SMILES string of the molecule is CCCCCCCCCCCCc1c(O)cccc1F. The number of phenolic OH excluding ortho intramolecular Hbond substituents is 1. The van der Waals surface area contributed by atoms with Crippen molar-refractivity contribution in [3.63, 3.8) is 0 Å². The first-order valence-corrected chi connectivity index (χ1v) is 8.22. The van der Waals surface area contributed by atoms with Crippen molar-refractivity contribution in [3.8, 4) is 5.75 Å². The fraction of sp³-hybridized carbons (Fsp3) is 0.667. The normalized spacial score (nSPS) is 10.9. The molecule has 0 radical (unpaired) electrons. The second-order valence-corrected chi connectivity index (χ2v) is 5.67. The first-order chi connectivity index (χ1) is 9.75. The zero-order valence-electron chi connectivity index (χ0n) is 12.8. The van der Waals surface area contributed by atoms with Crippen molar-refractivity contribution in [2.45, 2.75) is 77.6 Å². The highest BCUT2D eigenvalue weighted by atomic mass is 19.1. The van der Waals surface area contributed by atoms with Gasteiger partial charge in [-0.15, -0.1) is 0 Å². The molecule has 0 bridgehead atoms. The second kappa shape index (κ2) is 10.7. The van der Waals surface area contributed by atoms with Gasteiger partial charge in [0.1, 0.15) is 11.6 Å². The monoisotopic (exact) mass is 280 g/mol. The highest BCUT2D eigenvalue weighted by molar-refractivity contribution is 5.33. The van der Waals surface area contributed by atoms with E-state index in [1.165, 1.54) is 57.4 Å². The minimum absolute atomic E-state index is 0.0981. The Morgan fingerprint density at radius 1 is 0.850 bits per heavy atom. The van der Waals surface area contributed by atoms with Crippen LogP contribution in [0, 0.1) is 5.82 Å². The number of hydrogen-bond donors (Lipinski definition) is 1. The summed E-state index contributed by atoms with van der Waals surface area (Å²) >= 11 is 0. The Morgan fingerprint density at radius 3 is 1.95 bits per heavy atom. The van der Waals surface area contributed by atoms with Gasteiger partial charge in [-0.3, -0.25) is 0 Å². The molecule has 1 aromatic carbocycles. The van der Waals surface area contributed by atoms with Gasteiger partial charge in [0.25, 0.3) is 0 Å². The highest BCUT2D eigenvalue weighted by Gasteiger charge is 2.06.